The molecule has 0 radical (unpaired) electrons. The first-order valence-electron chi connectivity index (χ1n) is 5.29. The van der Waals surface area contributed by atoms with Gasteiger partial charge < -0.3 is 9.52 Å². The molecule has 1 unspecified atom stereocenters. The number of aromatic nitrogens is 1. The maximum Gasteiger partial charge on any atom is 0.306 e. The van der Waals surface area contributed by atoms with Gasteiger partial charge in [-0.05, 0) is 6.42 Å². The largest absolute Gasteiger partial charge is 0.481 e. The second-order valence-corrected chi connectivity index (χ2v) is 4.35. The molecule has 1 atom stereocenters. The fourth-order valence-electron chi connectivity index (χ4n) is 1.86. The fraction of sp³-hybridized carbons (Fsp3) is 0.636. The molecule has 0 bridgehead atoms. The van der Waals surface area contributed by atoms with E-state index >= 15 is 0 Å². The number of aliphatic carboxylic acids is 1. The molecule has 15 heavy (non-hydrogen) atoms. The molecule has 82 valence electrons. The van der Waals surface area contributed by atoms with Crippen LogP contribution in [0.15, 0.2) is 4.42 Å². The summed E-state index contributed by atoms with van der Waals surface area (Å²) in [5.41, 5.74) is 0.845. The zero-order chi connectivity index (χ0) is 11.0. The van der Waals surface area contributed by atoms with Crippen LogP contribution in [0.3, 0.4) is 0 Å². The summed E-state index contributed by atoms with van der Waals surface area (Å²) in [6.07, 6.45) is 1.88. The Kier molecular flexibility index (Phi) is 2.50. The zero-order valence-corrected chi connectivity index (χ0v) is 8.99. The van der Waals surface area contributed by atoms with Crippen LogP contribution in [0, 0.1) is 5.92 Å². The van der Waals surface area contributed by atoms with Crippen molar-refractivity contribution in [1.82, 2.24) is 4.98 Å². The third-order valence-corrected chi connectivity index (χ3v) is 2.80. The van der Waals surface area contributed by atoms with E-state index in [1.165, 1.54) is 0 Å². The molecule has 0 saturated heterocycles. The Labute approximate surface area is 88.3 Å². The van der Waals surface area contributed by atoms with Crippen LogP contribution < -0.4 is 0 Å². The SMILES string of the molecule is CC(C)c1nc2c(o1)CCC(C(=O)O)C2. The Morgan fingerprint density at radius 1 is 1.60 bits per heavy atom. The first-order valence-corrected chi connectivity index (χ1v) is 5.29. The molecule has 4 heteroatoms. The number of carboxylic acids is 1. The normalized spacial score (nSPS) is 20.3. The molecule has 0 spiro atoms. The van der Waals surface area contributed by atoms with Gasteiger partial charge in [0.1, 0.15) is 5.76 Å². The van der Waals surface area contributed by atoms with Gasteiger partial charge in [-0.15, -0.1) is 0 Å². The minimum Gasteiger partial charge on any atom is -0.481 e. The molecule has 0 saturated carbocycles. The highest BCUT2D eigenvalue weighted by Gasteiger charge is 2.28. The molecule has 2 rings (SSSR count). The first-order chi connectivity index (χ1) is 7.08. The highest BCUT2D eigenvalue weighted by molar-refractivity contribution is 5.70. The number of aryl methyl sites for hydroxylation is 1. The Bertz CT molecular complexity index is 381. The Balaban J connectivity index is 2.22. The van der Waals surface area contributed by atoms with Crippen LogP contribution in [0.4, 0.5) is 0 Å². The maximum atomic E-state index is 10.8. The quantitative estimate of drug-likeness (QED) is 0.809. The molecule has 1 aliphatic carbocycles. The summed E-state index contributed by atoms with van der Waals surface area (Å²) in [6.45, 7) is 4.04. The van der Waals surface area contributed by atoms with Crippen molar-refractivity contribution in [1.29, 1.82) is 0 Å². The number of rotatable bonds is 2. The van der Waals surface area contributed by atoms with Crippen molar-refractivity contribution in [3.8, 4) is 0 Å². The number of carbonyl (C=O) groups is 1. The van der Waals surface area contributed by atoms with Crippen molar-refractivity contribution in [2.75, 3.05) is 0 Å². The molecule has 1 heterocycles. The maximum absolute atomic E-state index is 10.8. The summed E-state index contributed by atoms with van der Waals surface area (Å²) in [4.78, 5) is 15.2. The van der Waals surface area contributed by atoms with E-state index in [0.717, 1.165) is 17.3 Å². The molecular formula is C11H15NO3. The molecular weight excluding hydrogens is 194 g/mol. The average Bonchev–Trinajstić information content (AvgIpc) is 2.59. The number of nitrogens with zero attached hydrogens (tertiary/aromatic N) is 1. The summed E-state index contributed by atoms with van der Waals surface area (Å²) < 4.78 is 5.59. The van der Waals surface area contributed by atoms with Gasteiger partial charge >= 0.3 is 5.97 Å². The van der Waals surface area contributed by atoms with Crippen molar-refractivity contribution >= 4 is 5.97 Å². The van der Waals surface area contributed by atoms with Gasteiger partial charge in [0.15, 0.2) is 5.89 Å². The van der Waals surface area contributed by atoms with Crippen molar-refractivity contribution in [3.63, 3.8) is 0 Å². The Hall–Kier alpha value is -1.32. The lowest BCUT2D eigenvalue weighted by Gasteiger charge is -2.15. The molecule has 1 aromatic heterocycles. The number of carboxylic acid groups (broad SMARTS) is 1. The molecule has 0 aliphatic heterocycles. The topological polar surface area (TPSA) is 63.3 Å². The van der Waals surface area contributed by atoms with Crippen LogP contribution in [-0.4, -0.2) is 16.1 Å². The molecule has 4 nitrogen and oxygen atoms in total. The predicted octanol–water partition coefficient (Wildman–Crippen LogP) is 1.99. The van der Waals surface area contributed by atoms with E-state index in [0.29, 0.717) is 19.3 Å². The lowest BCUT2D eigenvalue weighted by atomic mass is 9.90. The summed E-state index contributed by atoms with van der Waals surface area (Å²) in [7, 11) is 0. The Morgan fingerprint density at radius 3 is 2.93 bits per heavy atom. The molecule has 1 aromatic rings. The van der Waals surface area contributed by atoms with Crippen molar-refractivity contribution in [2.24, 2.45) is 5.92 Å². The van der Waals surface area contributed by atoms with E-state index in [2.05, 4.69) is 4.98 Å². The highest BCUT2D eigenvalue weighted by atomic mass is 16.4. The second kappa shape index (κ2) is 3.68. The number of hydrogen-bond donors (Lipinski definition) is 1. The van der Waals surface area contributed by atoms with Crippen LogP contribution in [0.2, 0.25) is 0 Å². The highest BCUT2D eigenvalue weighted by Crippen LogP contribution is 2.28. The molecule has 0 amide bonds. The fourth-order valence-corrected chi connectivity index (χ4v) is 1.86. The van der Waals surface area contributed by atoms with Gasteiger partial charge in [0, 0.05) is 18.8 Å². The van der Waals surface area contributed by atoms with E-state index in [1.807, 2.05) is 13.8 Å². The molecule has 1 aliphatic rings. The van der Waals surface area contributed by atoms with E-state index in [1.54, 1.807) is 0 Å². The van der Waals surface area contributed by atoms with E-state index in [-0.39, 0.29) is 11.8 Å². The number of hydrogen-bond acceptors (Lipinski definition) is 3. The smallest absolute Gasteiger partial charge is 0.306 e. The lowest BCUT2D eigenvalue weighted by molar-refractivity contribution is -0.142. The number of fused-ring (bicyclic) bond motifs is 1. The van der Waals surface area contributed by atoms with Gasteiger partial charge in [-0.25, -0.2) is 4.98 Å². The van der Waals surface area contributed by atoms with Gasteiger partial charge in [-0.1, -0.05) is 13.8 Å². The zero-order valence-electron chi connectivity index (χ0n) is 8.99. The van der Waals surface area contributed by atoms with Crippen LogP contribution in [0.5, 0.6) is 0 Å². The van der Waals surface area contributed by atoms with Crippen molar-refractivity contribution in [3.05, 3.63) is 17.3 Å². The lowest BCUT2D eigenvalue weighted by Crippen LogP contribution is -2.21. The predicted molar refractivity (Wildman–Crippen MR) is 53.7 cm³/mol. The van der Waals surface area contributed by atoms with Gasteiger partial charge in [-0.3, -0.25) is 4.79 Å². The van der Waals surface area contributed by atoms with Gasteiger partial charge in [0.2, 0.25) is 0 Å². The van der Waals surface area contributed by atoms with Crippen LogP contribution in [0.1, 0.15) is 43.5 Å². The van der Waals surface area contributed by atoms with Gasteiger partial charge in [0.25, 0.3) is 0 Å². The molecule has 1 N–H and O–H groups in total. The van der Waals surface area contributed by atoms with Crippen LogP contribution in [-0.2, 0) is 17.6 Å². The summed E-state index contributed by atoms with van der Waals surface area (Å²) in [5, 5.41) is 8.92. The van der Waals surface area contributed by atoms with Crippen LogP contribution in [0.25, 0.3) is 0 Å². The van der Waals surface area contributed by atoms with E-state index in [4.69, 9.17) is 9.52 Å². The van der Waals surface area contributed by atoms with Crippen LogP contribution >= 0.6 is 0 Å². The van der Waals surface area contributed by atoms with Crippen molar-refractivity contribution < 1.29 is 14.3 Å². The average molecular weight is 209 g/mol. The Morgan fingerprint density at radius 2 is 2.33 bits per heavy atom. The number of oxazole rings is 1. The summed E-state index contributed by atoms with van der Waals surface area (Å²) >= 11 is 0. The minimum atomic E-state index is -0.727. The third kappa shape index (κ3) is 1.89. The van der Waals surface area contributed by atoms with E-state index < -0.39 is 5.97 Å². The standard InChI is InChI=1S/C11H15NO3/c1-6(2)10-12-8-5-7(11(13)14)3-4-9(8)15-10/h6-7H,3-5H2,1-2H3,(H,13,14). The van der Waals surface area contributed by atoms with E-state index in [9.17, 15) is 4.79 Å². The first kappa shape index (κ1) is 10.2. The van der Waals surface area contributed by atoms with Gasteiger partial charge in [0.05, 0.1) is 11.6 Å². The van der Waals surface area contributed by atoms with Crippen molar-refractivity contribution in [2.45, 2.75) is 39.0 Å². The molecule has 0 aromatic carbocycles. The van der Waals surface area contributed by atoms with Gasteiger partial charge in [-0.2, -0.15) is 0 Å². The summed E-state index contributed by atoms with van der Waals surface area (Å²) in [5.74, 6) is 0.860. The monoisotopic (exact) mass is 209 g/mol. The second-order valence-electron chi connectivity index (χ2n) is 4.35. The minimum absolute atomic E-state index is 0.263. The molecule has 0 fully saturated rings. The summed E-state index contributed by atoms with van der Waals surface area (Å²) in [6, 6.07) is 0. The third-order valence-electron chi connectivity index (χ3n) is 2.80.